The number of aryl methyl sites for hydroxylation is 2. The molecule has 0 atom stereocenters. The molecule has 6 rings (SSSR count). The van der Waals surface area contributed by atoms with Crippen molar-refractivity contribution in [3.05, 3.63) is 70.7 Å². The third kappa shape index (κ3) is 4.55. The SMILES string of the molecule is CCc1cc(COC2COC2)c2nncc(N3CCc4c(cccc4-c4cn(C)nc4C(F)(F)F)C3=O)c2c1. The van der Waals surface area contributed by atoms with Crippen molar-refractivity contribution in [2.75, 3.05) is 24.7 Å². The number of hydrogen-bond acceptors (Lipinski definition) is 6. The fraction of sp³-hybridized carbons (Fsp3) is 0.357. The number of benzene rings is 2. The summed E-state index contributed by atoms with van der Waals surface area (Å²) in [5.74, 6) is -0.295. The second kappa shape index (κ2) is 9.73. The van der Waals surface area contributed by atoms with Gasteiger partial charge < -0.3 is 14.4 Å². The standard InChI is InChI=1S/C28H26F3N5O3/c1-3-16-9-17(13-39-18-14-38-15-18)25-22(10-16)24(11-32-33-25)36-8-7-20-19(5-4-6-21(20)27(36)37)23-12-35(2)34-26(23)28(29,30)31/h4-6,9-12,18H,3,7-8,13-15H2,1-2H3. The fourth-order valence-electron chi connectivity index (χ4n) is 5.24. The summed E-state index contributed by atoms with van der Waals surface area (Å²) in [5, 5.41) is 13.0. The number of hydrogen-bond donors (Lipinski definition) is 0. The molecule has 1 amide bonds. The van der Waals surface area contributed by atoms with Crippen molar-refractivity contribution in [3.63, 3.8) is 0 Å². The number of fused-ring (bicyclic) bond motifs is 2. The van der Waals surface area contributed by atoms with Crippen molar-refractivity contribution in [1.82, 2.24) is 20.0 Å². The van der Waals surface area contributed by atoms with E-state index in [4.69, 9.17) is 9.47 Å². The Bertz CT molecular complexity index is 1580. The molecule has 0 bridgehead atoms. The lowest BCUT2D eigenvalue weighted by Gasteiger charge is -2.30. The van der Waals surface area contributed by atoms with Gasteiger partial charge in [0.05, 0.1) is 31.7 Å². The van der Waals surface area contributed by atoms with Gasteiger partial charge in [-0.05, 0) is 41.7 Å². The Morgan fingerprint density at radius 3 is 2.67 bits per heavy atom. The molecule has 0 N–H and O–H groups in total. The molecule has 2 aromatic carbocycles. The van der Waals surface area contributed by atoms with Crippen molar-refractivity contribution in [3.8, 4) is 11.1 Å². The summed E-state index contributed by atoms with van der Waals surface area (Å²) in [5.41, 5.74) is 3.53. The predicted molar refractivity (Wildman–Crippen MR) is 137 cm³/mol. The molecule has 0 radical (unpaired) electrons. The van der Waals surface area contributed by atoms with E-state index in [-0.39, 0.29) is 24.1 Å². The molecule has 1 saturated heterocycles. The number of carbonyl (C=O) groups is 1. The zero-order valence-corrected chi connectivity index (χ0v) is 21.5. The molecular formula is C28H26F3N5O3. The largest absolute Gasteiger partial charge is 0.435 e. The van der Waals surface area contributed by atoms with Crippen LogP contribution in [-0.2, 0) is 42.1 Å². The second-order valence-corrected chi connectivity index (χ2v) is 9.81. The molecule has 1 fully saturated rings. The topological polar surface area (TPSA) is 82.4 Å². The lowest BCUT2D eigenvalue weighted by atomic mass is 9.90. The Balaban J connectivity index is 1.40. The molecule has 4 aromatic rings. The van der Waals surface area contributed by atoms with Gasteiger partial charge >= 0.3 is 6.18 Å². The molecule has 0 spiro atoms. The normalized spacial score (nSPS) is 16.0. The number of alkyl halides is 3. The molecule has 0 saturated carbocycles. The quantitative estimate of drug-likeness (QED) is 0.354. The minimum Gasteiger partial charge on any atom is -0.376 e. The maximum absolute atomic E-state index is 13.8. The number of rotatable bonds is 6. The van der Waals surface area contributed by atoms with Crippen LogP contribution in [-0.4, -0.2) is 51.7 Å². The molecule has 0 aliphatic carbocycles. The van der Waals surface area contributed by atoms with E-state index in [9.17, 15) is 18.0 Å². The first kappa shape index (κ1) is 25.4. The first-order valence-electron chi connectivity index (χ1n) is 12.8. The van der Waals surface area contributed by atoms with Crippen molar-refractivity contribution in [1.29, 1.82) is 0 Å². The van der Waals surface area contributed by atoms with E-state index in [1.807, 2.05) is 12.1 Å². The van der Waals surface area contributed by atoms with Crippen LogP contribution in [0, 0.1) is 0 Å². The highest BCUT2D eigenvalue weighted by Crippen LogP contribution is 2.40. The maximum atomic E-state index is 13.8. The summed E-state index contributed by atoms with van der Waals surface area (Å²) in [6.07, 6.45) is -0.491. The first-order chi connectivity index (χ1) is 18.7. The number of carbonyl (C=O) groups excluding carboxylic acids is 1. The van der Waals surface area contributed by atoms with Crippen LogP contribution in [0.25, 0.3) is 22.0 Å². The van der Waals surface area contributed by atoms with Crippen molar-refractivity contribution in [2.45, 2.75) is 38.7 Å². The molecule has 202 valence electrons. The van der Waals surface area contributed by atoms with Crippen LogP contribution < -0.4 is 4.90 Å². The monoisotopic (exact) mass is 537 g/mol. The van der Waals surface area contributed by atoms with Gasteiger partial charge in [-0.15, -0.1) is 0 Å². The van der Waals surface area contributed by atoms with Gasteiger partial charge in [-0.1, -0.05) is 25.1 Å². The lowest BCUT2D eigenvalue weighted by molar-refractivity contribution is -0.140. The van der Waals surface area contributed by atoms with Gasteiger partial charge in [0.2, 0.25) is 0 Å². The summed E-state index contributed by atoms with van der Waals surface area (Å²) in [6.45, 7) is 3.82. The van der Waals surface area contributed by atoms with Crippen molar-refractivity contribution >= 4 is 22.5 Å². The van der Waals surface area contributed by atoms with Crippen LogP contribution in [0.5, 0.6) is 0 Å². The van der Waals surface area contributed by atoms with Gasteiger partial charge in [-0.3, -0.25) is 9.48 Å². The average molecular weight is 538 g/mol. The number of amides is 1. The summed E-state index contributed by atoms with van der Waals surface area (Å²) in [6, 6.07) is 8.95. The van der Waals surface area contributed by atoms with Gasteiger partial charge in [-0.2, -0.15) is 28.5 Å². The van der Waals surface area contributed by atoms with Crippen LogP contribution >= 0.6 is 0 Å². The van der Waals surface area contributed by atoms with Gasteiger partial charge in [0.25, 0.3) is 5.91 Å². The Hall–Kier alpha value is -3.83. The van der Waals surface area contributed by atoms with E-state index in [1.54, 1.807) is 29.3 Å². The summed E-state index contributed by atoms with van der Waals surface area (Å²) in [4.78, 5) is 15.5. The Kier molecular flexibility index (Phi) is 6.35. The average Bonchev–Trinajstić information content (AvgIpc) is 3.29. The van der Waals surface area contributed by atoms with Gasteiger partial charge in [-0.25, -0.2) is 0 Å². The third-order valence-electron chi connectivity index (χ3n) is 7.27. The summed E-state index contributed by atoms with van der Waals surface area (Å²) >= 11 is 0. The fourth-order valence-corrected chi connectivity index (χ4v) is 5.24. The molecule has 2 aromatic heterocycles. The molecule has 39 heavy (non-hydrogen) atoms. The molecular weight excluding hydrogens is 511 g/mol. The highest BCUT2D eigenvalue weighted by molar-refractivity contribution is 6.12. The van der Waals surface area contributed by atoms with Gasteiger partial charge in [0.1, 0.15) is 11.6 Å². The van der Waals surface area contributed by atoms with E-state index in [2.05, 4.69) is 22.2 Å². The van der Waals surface area contributed by atoms with Gasteiger partial charge in [0.15, 0.2) is 5.69 Å². The zero-order chi connectivity index (χ0) is 27.3. The molecule has 8 nitrogen and oxygen atoms in total. The van der Waals surface area contributed by atoms with Crippen LogP contribution in [0.3, 0.4) is 0 Å². The highest BCUT2D eigenvalue weighted by Gasteiger charge is 2.39. The van der Waals surface area contributed by atoms with E-state index < -0.39 is 11.9 Å². The zero-order valence-electron chi connectivity index (χ0n) is 21.5. The predicted octanol–water partition coefficient (Wildman–Crippen LogP) is 4.73. The van der Waals surface area contributed by atoms with Crippen molar-refractivity contribution in [2.24, 2.45) is 7.05 Å². The number of nitrogens with zero attached hydrogens (tertiary/aromatic N) is 5. The third-order valence-corrected chi connectivity index (χ3v) is 7.27. The van der Waals surface area contributed by atoms with Crippen LogP contribution in [0.4, 0.5) is 18.9 Å². The number of anilines is 1. The minimum atomic E-state index is -4.62. The molecule has 0 unspecified atom stereocenters. The Morgan fingerprint density at radius 1 is 1.15 bits per heavy atom. The van der Waals surface area contributed by atoms with E-state index >= 15 is 0 Å². The second-order valence-electron chi connectivity index (χ2n) is 9.81. The van der Waals surface area contributed by atoms with Gasteiger partial charge in [0, 0.05) is 41.9 Å². The maximum Gasteiger partial charge on any atom is 0.435 e. The van der Waals surface area contributed by atoms with E-state index in [0.717, 1.165) is 27.6 Å². The molecule has 2 aliphatic heterocycles. The van der Waals surface area contributed by atoms with E-state index in [0.29, 0.717) is 54.1 Å². The smallest absolute Gasteiger partial charge is 0.376 e. The molecule has 2 aliphatic rings. The highest BCUT2D eigenvalue weighted by atomic mass is 19.4. The summed E-state index contributed by atoms with van der Waals surface area (Å²) in [7, 11) is 1.45. The van der Waals surface area contributed by atoms with Crippen molar-refractivity contribution < 1.29 is 27.4 Å². The minimum absolute atomic E-state index is 0.0341. The Labute approximate surface area is 222 Å². The van der Waals surface area contributed by atoms with E-state index in [1.165, 1.54) is 13.2 Å². The summed E-state index contributed by atoms with van der Waals surface area (Å²) < 4.78 is 53.5. The Morgan fingerprint density at radius 2 is 1.95 bits per heavy atom. The van der Waals surface area contributed by atoms with Crippen LogP contribution in [0.15, 0.2) is 42.7 Å². The number of ether oxygens (including phenoxy) is 2. The lowest BCUT2D eigenvalue weighted by Crippen LogP contribution is -2.38. The molecule has 11 heteroatoms. The van der Waals surface area contributed by atoms with Crippen LogP contribution in [0.1, 0.15) is 39.7 Å². The molecule has 4 heterocycles. The van der Waals surface area contributed by atoms with Crippen LogP contribution in [0.2, 0.25) is 0 Å². The first-order valence-corrected chi connectivity index (χ1v) is 12.8. The number of halogens is 3. The number of aromatic nitrogens is 4.